The van der Waals surface area contributed by atoms with Gasteiger partial charge in [0, 0.05) is 28.6 Å². The first kappa shape index (κ1) is 15.7. The molecular weight excluding hydrogens is 390 g/mol. The van der Waals surface area contributed by atoms with Crippen molar-refractivity contribution in [3.05, 3.63) is 57.4 Å². The number of hydrogen-bond donors (Lipinski definition) is 1. The number of halogens is 1. The number of allylic oxidation sites excluding steroid dienone is 3. The molecule has 0 aromatic carbocycles. The topological polar surface area (TPSA) is 51.5 Å². The second kappa shape index (κ2) is 5.93. The van der Waals surface area contributed by atoms with Crippen LogP contribution in [0, 0.1) is 5.92 Å². The number of nitrogens with zero attached hydrogens (tertiary/aromatic N) is 1. The Morgan fingerprint density at radius 2 is 2.29 bits per heavy atom. The van der Waals surface area contributed by atoms with Crippen LogP contribution >= 0.6 is 27.3 Å². The van der Waals surface area contributed by atoms with E-state index in [9.17, 15) is 9.90 Å². The monoisotopic (exact) mass is 405 g/mol. The second-order valence-electron chi connectivity index (χ2n) is 5.99. The second-order valence-corrected chi connectivity index (χ2v) is 7.79. The molecule has 0 fully saturated rings. The van der Waals surface area contributed by atoms with Crippen LogP contribution in [0.4, 0.5) is 0 Å². The van der Waals surface area contributed by atoms with E-state index in [1.165, 1.54) is 0 Å². The van der Waals surface area contributed by atoms with E-state index in [0.717, 1.165) is 32.8 Å². The molecule has 1 N–H and O–H groups in total. The van der Waals surface area contributed by atoms with Crippen molar-refractivity contribution in [1.29, 1.82) is 0 Å². The van der Waals surface area contributed by atoms with Gasteiger partial charge in [0.15, 0.2) is 0 Å². The van der Waals surface area contributed by atoms with Crippen molar-refractivity contribution in [3.8, 4) is 10.4 Å². The molecule has 124 valence electrons. The number of carboxylic acids is 1. The summed E-state index contributed by atoms with van der Waals surface area (Å²) in [4.78, 5) is 12.8. The highest BCUT2D eigenvalue weighted by Crippen LogP contribution is 2.47. The Morgan fingerprint density at radius 3 is 2.96 bits per heavy atom. The number of aromatic nitrogens is 1. The van der Waals surface area contributed by atoms with Crippen LogP contribution in [0.5, 0.6) is 0 Å². The van der Waals surface area contributed by atoms with E-state index in [1.807, 2.05) is 28.1 Å². The van der Waals surface area contributed by atoms with Gasteiger partial charge in [-0.3, -0.25) is 0 Å². The zero-order chi connectivity index (χ0) is 16.8. The standard InChI is InChI=1S/C18H16BrNO3S/c1-23-15-7-10-4-5-20-14(18(21)22)9-12(16-3-2-6-24-16)17(20)11(10)8-13(15)19/h2-3,6-11H,4-5H2,1H3,(H,21,22). The van der Waals surface area contributed by atoms with Gasteiger partial charge in [-0.25, -0.2) is 4.79 Å². The zero-order valence-corrected chi connectivity index (χ0v) is 15.4. The number of thiophene rings is 1. The number of fused-ring (bicyclic) bond motifs is 3. The molecule has 0 saturated carbocycles. The van der Waals surface area contributed by atoms with Crippen LogP contribution in [-0.2, 0) is 11.3 Å². The molecular formula is C18H16BrNO3S. The normalized spacial score (nSPS) is 22.2. The van der Waals surface area contributed by atoms with Gasteiger partial charge in [-0.05, 0) is 51.9 Å². The molecule has 0 saturated heterocycles. The number of aromatic carboxylic acids is 1. The van der Waals surface area contributed by atoms with E-state index >= 15 is 0 Å². The van der Waals surface area contributed by atoms with Crippen LogP contribution in [0.15, 0.2) is 46.0 Å². The SMILES string of the molecule is COC1=CC2CCn3c(C(=O)O)cc(-c4cccs4)c3C2C=C1Br. The van der Waals surface area contributed by atoms with Crippen LogP contribution in [0.1, 0.15) is 28.5 Å². The van der Waals surface area contributed by atoms with Gasteiger partial charge in [-0.1, -0.05) is 12.1 Å². The first-order valence-corrected chi connectivity index (χ1v) is 9.41. The average molecular weight is 406 g/mol. The zero-order valence-electron chi connectivity index (χ0n) is 13.0. The maximum atomic E-state index is 11.7. The Hall–Kier alpha value is -1.79. The van der Waals surface area contributed by atoms with Crippen molar-refractivity contribution in [2.24, 2.45) is 5.92 Å². The highest BCUT2D eigenvalue weighted by Gasteiger charge is 2.36. The lowest BCUT2D eigenvalue weighted by Crippen LogP contribution is -2.26. The molecule has 2 atom stereocenters. The number of carboxylic acid groups (broad SMARTS) is 1. The van der Waals surface area contributed by atoms with Crippen molar-refractivity contribution in [2.45, 2.75) is 18.9 Å². The molecule has 4 nitrogen and oxygen atoms in total. The number of rotatable bonds is 3. The molecule has 1 aliphatic carbocycles. The quantitative estimate of drug-likeness (QED) is 0.794. The predicted octanol–water partition coefficient (Wildman–Crippen LogP) is 4.84. The van der Waals surface area contributed by atoms with Gasteiger partial charge in [-0.2, -0.15) is 0 Å². The lowest BCUT2D eigenvalue weighted by molar-refractivity contribution is 0.0683. The van der Waals surface area contributed by atoms with Gasteiger partial charge in [0.2, 0.25) is 0 Å². The van der Waals surface area contributed by atoms with Crippen LogP contribution in [-0.4, -0.2) is 22.8 Å². The van der Waals surface area contributed by atoms with Crippen LogP contribution < -0.4 is 0 Å². The third kappa shape index (κ3) is 2.36. The van der Waals surface area contributed by atoms with Gasteiger partial charge in [0.1, 0.15) is 11.5 Å². The molecule has 0 amide bonds. The molecule has 2 aromatic rings. The van der Waals surface area contributed by atoms with Crippen molar-refractivity contribution >= 4 is 33.2 Å². The summed E-state index contributed by atoms with van der Waals surface area (Å²) in [5, 5.41) is 11.6. The highest BCUT2D eigenvalue weighted by molar-refractivity contribution is 9.11. The van der Waals surface area contributed by atoms with Crippen molar-refractivity contribution in [3.63, 3.8) is 0 Å². The van der Waals surface area contributed by atoms with Crippen molar-refractivity contribution in [1.82, 2.24) is 4.57 Å². The Labute approximate surface area is 152 Å². The number of methoxy groups -OCH3 is 1. The van der Waals surface area contributed by atoms with E-state index in [-0.39, 0.29) is 5.92 Å². The third-order valence-corrected chi connectivity index (χ3v) is 6.31. The molecule has 2 unspecified atom stereocenters. The fourth-order valence-corrected chi connectivity index (χ4v) is 5.03. The Bertz CT molecular complexity index is 863. The number of hydrogen-bond acceptors (Lipinski definition) is 3. The first-order chi connectivity index (χ1) is 11.6. The first-order valence-electron chi connectivity index (χ1n) is 7.74. The maximum Gasteiger partial charge on any atom is 0.352 e. The molecule has 0 spiro atoms. The minimum absolute atomic E-state index is 0.150. The van der Waals surface area contributed by atoms with Gasteiger partial charge in [0.05, 0.1) is 11.6 Å². The molecule has 1 aliphatic heterocycles. The Morgan fingerprint density at radius 1 is 1.46 bits per heavy atom. The number of ether oxygens (including phenoxy) is 1. The molecule has 24 heavy (non-hydrogen) atoms. The van der Waals surface area contributed by atoms with Gasteiger partial charge in [-0.15, -0.1) is 11.3 Å². The minimum atomic E-state index is -0.871. The van der Waals surface area contributed by atoms with Crippen molar-refractivity contribution in [2.75, 3.05) is 7.11 Å². The van der Waals surface area contributed by atoms with Crippen LogP contribution in [0.2, 0.25) is 0 Å². The fraction of sp³-hybridized carbons (Fsp3) is 0.278. The van der Waals surface area contributed by atoms with Gasteiger partial charge in [0.25, 0.3) is 0 Å². The summed E-state index contributed by atoms with van der Waals surface area (Å²) in [7, 11) is 1.67. The summed E-state index contributed by atoms with van der Waals surface area (Å²) in [6, 6.07) is 5.87. The highest BCUT2D eigenvalue weighted by atomic mass is 79.9. The summed E-state index contributed by atoms with van der Waals surface area (Å²) in [6.07, 6.45) is 5.21. The molecule has 0 bridgehead atoms. The van der Waals surface area contributed by atoms with E-state index in [2.05, 4.69) is 28.1 Å². The van der Waals surface area contributed by atoms with E-state index in [1.54, 1.807) is 18.4 Å². The molecule has 2 aromatic heterocycles. The molecule has 4 rings (SSSR count). The lowest BCUT2D eigenvalue weighted by Gasteiger charge is -2.34. The van der Waals surface area contributed by atoms with Crippen LogP contribution in [0.25, 0.3) is 10.4 Å². The minimum Gasteiger partial charge on any atom is -0.496 e. The van der Waals surface area contributed by atoms with Crippen molar-refractivity contribution < 1.29 is 14.6 Å². The predicted molar refractivity (Wildman–Crippen MR) is 97.7 cm³/mol. The number of carbonyl (C=O) groups is 1. The summed E-state index contributed by atoms with van der Waals surface area (Å²) >= 11 is 5.22. The summed E-state index contributed by atoms with van der Waals surface area (Å²) < 4.78 is 8.33. The van der Waals surface area contributed by atoms with E-state index < -0.39 is 5.97 Å². The Balaban J connectivity index is 1.91. The third-order valence-electron chi connectivity index (χ3n) is 4.75. The fourth-order valence-electron chi connectivity index (χ4n) is 3.70. The summed E-state index contributed by atoms with van der Waals surface area (Å²) in [5.74, 6) is 0.457. The van der Waals surface area contributed by atoms with E-state index in [0.29, 0.717) is 18.2 Å². The summed E-state index contributed by atoms with van der Waals surface area (Å²) in [5.41, 5.74) is 2.50. The van der Waals surface area contributed by atoms with Gasteiger partial charge >= 0.3 is 5.97 Å². The smallest absolute Gasteiger partial charge is 0.352 e. The average Bonchev–Trinajstić information content (AvgIpc) is 3.21. The largest absolute Gasteiger partial charge is 0.496 e. The van der Waals surface area contributed by atoms with Crippen LogP contribution in [0.3, 0.4) is 0 Å². The Kier molecular flexibility index (Phi) is 3.89. The molecule has 3 heterocycles. The molecule has 2 aliphatic rings. The molecule has 6 heteroatoms. The molecule has 0 radical (unpaired) electrons. The lowest BCUT2D eigenvalue weighted by atomic mass is 9.79. The maximum absolute atomic E-state index is 11.7. The summed E-state index contributed by atoms with van der Waals surface area (Å²) in [6.45, 7) is 0.711. The van der Waals surface area contributed by atoms with E-state index in [4.69, 9.17) is 4.74 Å². The van der Waals surface area contributed by atoms with Gasteiger partial charge < -0.3 is 14.4 Å².